The number of aromatic nitrogens is 4. The zero-order valence-electron chi connectivity index (χ0n) is 17.1. The summed E-state index contributed by atoms with van der Waals surface area (Å²) in [6, 6.07) is 13.7. The molecule has 0 unspecified atom stereocenters. The molecule has 1 aliphatic carbocycles. The van der Waals surface area contributed by atoms with Crippen LogP contribution in [-0.4, -0.2) is 25.5 Å². The summed E-state index contributed by atoms with van der Waals surface area (Å²) in [5.74, 6) is -0.364. The third kappa shape index (κ3) is 3.11. The van der Waals surface area contributed by atoms with Gasteiger partial charge in [-0.15, -0.1) is 11.3 Å². The number of thiazole rings is 1. The molecule has 0 aliphatic heterocycles. The molecule has 8 heteroatoms. The van der Waals surface area contributed by atoms with Gasteiger partial charge in [0.25, 0.3) is 11.5 Å². The molecule has 0 saturated carbocycles. The Balaban J connectivity index is 1.30. The molecule has 0 saturated heterocycles. The Morgan fingerprint density at radius 2 is 1.94 bits per heavy atom. The van der Waals surface area contributed by atoms with Crippen LogP contribution in [0.3, 0.4) is 0 Å². The van der Waals surface area contributed by atoms with Gasteiger partial charge in [0, 0.05) is 10.9 Å². The van der Waals surface area contributed by atoms with E-state index in [1.165, 1.54) is 41.5 Å². The monoisotopic (exact) mass is 441 g/mol. The number of benzene rings is 2. The second-order valence-electron chi connectivity index (χ2n) is 7.97. The lowest BCUT2D eigenvalue weighted by atomic mass is 9.90. The van der Waals surface area contributed by atoms with E-state index in [4.69, 9.17) is 0 Å². The highest BCUT2D eigenvalue weighted by atomic mass is 32.1. The molecule has 7 nitrogen and oxygen atoms in total. The third-order valence-electron chi connectivity index (χ3n) is 5.99. The van der Waals surface area contributed by atoms with E-state index in [1.807, 2.05) is 11.4 Å². The summed E-state index contributed by atoms with van der Waals surface area (Å²) < 4.78 is 1.58. The van der Waals surface area contributed by atoms with Gasteiger partial charge >= 0.3 is 0 Å². The van der Waals surface area contributed by atoms with Gasteiger partial charge in [-0.05, 0) is 55.0 Å². The number of aromatic amines is 1. The lowest BCUT2D eigenvalue weighted by Gasteiger charge is -2.16. The fraction of sp³-hybridized carbons (Fsp3) is 0.167. The van der Waals surface area contributed by atoms with Gasteiger partial charge in [-0.2, -0.15) is 5.10 Å². The van der Waals surface area contributed by atoms with Crippen LogP contribution >= 0.6 is 11.3 Å². The van der Waals surface area contributed by atoms with Crippen molar-refractivity contribution in [1.29, 1.82) is 0 Å². The molecule has 3 aromatic heterocycles. The Bertz CT molecular complexity index is 1560. The number of rotatable bonds is 3. The summed E-state index contributed by atoms with van der Waals surface area (Å²) in [6.07, 6.45) is 6.20. The van der Waals surface area contributed by atoms with Crippen molar-refractivity contribution < 1.29 is 4.79 Å². The van der Waals surface area contributed by atoms with Gasteiger partial charge in [0.1, 0.15) is 11.2 Å². The van der Waals surface area contributed by atoms with Crippen LogP contribution in [-0.2, 0) is 12.8 Å². The van der Waals surface area contributed by atoms with Gasteiger partial charge in [0.2, 0.25) is 0 Å². The normalized spacial score (nSPS) is 13.4. The number of nitrogens with zero attached hydrogens (tertiary/aromatic N) is 3. The van der Waals surface area contributed by atoms with Crippen LogP contribution in [0.4, 0.5) is 5.13 Å². The van der Waals surface area contributed by atoms with Crippen molar-refractivity contribution in [2.75, 3.05) is 5.32 Å². The van der Waals surface area contributed by atoms with Crippen LogP contribution in [0, 0.1) is 0 Å². The van der Waals surface area contributed by atoms with Gasteiger partial charge in [0.15, 0.2) is 5.13 Å². The van der Waals surface area contributed by atoms with E-state index in [0.29, 0.717) is 27.2 Å². The van der Waals surface area contributed by atoms with Gasteiger partial charge in [-0.1, -0.05) is 24.3 Å². The first-order valence-electron chi connectivity index (χ1n) is 10.6. The second kappa shape index (κ2) is 7.42. The van der Waals surface area contributed by atoms with Crippen LogP contribution < -0.4 is 10.9 Å². The number of hydrogen-bond acceptors (Lipinski definition) is 5. The largest absolute Gasteiger partial charge is 0.306 e. The number of aryl methyl sites for hydroxylation is 2. The zero-order valence-corrected chi connectivity index (χ0v) is 17.9. The van der Waals surface area contributed by atoms with Crippen molar-refractivity contribution >= 4 is 38.9 Å². The van der Waals surface area contributed by atoms with Gasteiger partial charge in [-0.25, -0.2) is 9.50 Å². The minimum atomic E-state index is -0.364. The van der Waals surface area contributed by atoms with E-state index >= 15 is 0 Å². The second-order valence-corrected chi connectivity index (χ2v) is 8.83. The van der Waals surface area contributed by atoms with Crippen molar-refractivity contribution in [1.82, 2.24) is 19.6 Å². The minimum absolute atomic E-state index is 0.258. The van der Waals surface area contributed by atoms with Crippen molar-refractivity contribution in [3.63, 3.8) is 0 Å². The first-order chi connectivity index (χ1) is 15.7. The van der Waals surface area contributed by atoms with Gasteiger partial charge in [-0.3, -0.25) is 14.9 Å². The number of para-hydroxylation sites is 1. The highest BCUT2D eigenvalue weighted by Gasteiger charge is 2.18. The number of amides is 1. The first kappa shape index (κ1) is 18.9. The Labute approximate surface area is 186 Å². The Kier molecular flexibility index (Phi) is 4.39. The van der Waals surface area contributed by atoms with Gasteiger partial charge < -0.3 is 4.98 Å². The van der Waals surface area contributed by atoms with Crippen LogP contribution in [0.5, 0.6) is 0 Å². The number of fused-ring (bicyclic) bond motifs is 4. The maximum Gasteiger partial charge on any atom is 0.262 e. The highest BCUT2D eigenvalue weighted by molar-refractivity contribution is 7.14. The fourth-order valence-corrected chi connectivity index (χ4v) is 5.08. The summed E-state index contributed by atoms with van der Waals surface area (Å²) in [7, 11) is 0. The van der Waals surface area contributed by atoms with E-state index in [0.717, 1.165) is 24.1 Å². The molecule has 2 aromatic carbocycles. The molecule has 5 aromatic rings. The summed E-state index contributed by atoms with van der Waals surface area (Å²) in [5, 5.41) is 10.1. The van der Waals surface area contributed by atoms with Crippen LogP contribution in [0.15, 0.2) is 58.8 Å². The topological polar surface area (TPSA) is 92.2 Å². The number of anilines is 1. The molecule has 32 heavy (non-hydrogen) atoms. The standard InChI is InChI=1S/C24H19N5O2S/c30-22-17-7-3-4-8-20(17)29-21(27-22)18(12-25-29)23(31)28-24-26-19(13-32-24)16-10-9-14-5-1-2-6-15(14)11-16/h3-4,7-13H,1-2,5-6H2,(H,27,30)(H,26,28,31). The molecule has 2 N–H and O–H groups in total. The predicted octanol–water partition coefficient (Wildman–Crippen LogP) is 4.43. The number of H-pyrrole nitrogens is 1. The Morgan fingerprint density at radius 1 is 1.09 bits per heavy atom. The van der Waals surface area contributed by atoms with Crippen molar-refractivity contribution in [3.05, 3.63) is 81.1 Å². The number of carbonyl (C=O) groups is 1. The molecule has 1 amide bonds. The number of nitrogens with one attached hydrogen (secondary N) is 2. The van der Waals surface area contributed by atoms with Gasteiger partial charge in [0.05, 0.1) is 22.8 Å². The lowest BCUT2D eigenvalue weighted by molar-refractivity contribution is 0.102. The molecule has 0 bridgehead atoms. The van der Waals surface area contributed by atoms with Crippen molar-refractivity contribution in [3.8, 4) is 11.3 Å². The fourth-order valence-electron chi connectivity index (χ4n) is 4.36. The summed E-state index contributed by atoms with van der Waals surface area (Å²) in [4.78, 5) is 32.8. The Morgan fingerprint density at radius 3 is 2.84 bits per heavy atom. The molecule has 1 aliphatic rings. The quantitative estimate of drug-likeness (QED) is 0.433. The van der Waals surface area contributed by atoms with Crippen molar-refractivity contribution in [2.45, 2.75) is 25.7 Å². The van der Waals surface area contributed by atoms with Crippen LogP contribution in [0.2, 0.25) is 0 Å². The third-order valence-corrected chi connectivity index (χ3v) is 6.75. The number of hydrogen-bond donors (Lipinski definition) is 2. The van der Waals surface area contributed by atoms with E-state index in [2.05, 4.69) is 38.6 Å². The Hall–Kier alpha value is -3.78. The molecule has 6 rings (SSSR count). The van der Waals surface area contributed by atoms with E-state index < -0.39 is 0 Å². The molecule has 158 valence electrons. The lowest BCUT2D eigenvalue weighted by Crippen LogP contribution is -2.15. The molecule has 0 radical (unpaired) electrons. The van der Waals surface area contributed by atoms with E-state index in [-0.39, 0.29) is 11.5 Å². The number of carbonyl (C=O) groups excluding carboxylic acids is 1. The predicted molar refractivity (Wildman–Crippen MR) is 125 cm³/mol. The molecule has 3 heterocycles. The minimum Gasteiger partial charge on any atom is -0.306 e. The average molecular weight is 442 g/mol. The SMILES string of the molecule is O=C(Nc1nc(-c2ccc3c(c2)CCCC3)cs1)c1cnn2c1[nH]c(=O)c1ccccc12. The average Bonchev–Trinajstić information content (AvgIpc) is 3.46. The maximum atomic E-state index is 13.0. The molecule has 0 atom stereocenters. The highest BCUT2D eigenvalue weighted by Crippen LogP contribution is 2.30. The smallest absolute Gasteiger partial charge is 0.262 e. The maximum absolute atomic E-state index is 13.0. The van der Waals surface area contributed by atoms with Crippen molar-refractivity contribution in [2.24, 2.45) is 0 Å². The van der Waals surface area contributed by atoms with E-state index in [1.54, 1.807) is 22.7 Å². The van der Waals surface area contributed by atoms with Crippen LogP contribution in [0.1, 0.15) is 34.3 Å². The zero-order chi connectivity index (χ0) is 21.7. The summed E-state index contributed by atoms with van der Waals surface area (Å²) in [6.45, 7) is 0. The van der Waals surface area contributed by atoms with Crippen LogP contribution in [0.25, 0.3) is 27.8 Å². The first-order valence-corrected chi connectivity index (χ1v) is 11.4. The molecular formula is C24H19N5O2S. The summed E-state index contributed by atoms with van der Waals surface area (Å²) >= 11 is 1.38. The molecule has 0 fully saturated rings. The summed E-state index contributed by atoms with van der Waals surface area (Å²) in [5.41, 5.74) is 5.78. The molecule has 0 spiro atoms. The van der Waals surface area contributed by atoms with E-state index in [9.17, 15) is 9.59 Å². The molecular weight excluding hydrogens is 422 g/mol.